The highest BCUT2D eigenvalue weighted by molar-refractivity contribution is 5.91. The van der Waals surface area contributed by atoms with Crippen LogP contribution in [0.3, 0.4) is 0 Å². The molecule has 2 rings (SSSR count). The van der Waals surface area contributed by atoms with E-state index in [1.807, 2.05) is 0 Å². The van der Waals surface area contributed by atoms with Crippen molar-refractivity contribution in [2.45, 2.75) is 0 Å². The lowest BCUT2D eigenvalue weighted by Gasteiger charge is -2.09. The molecule has 0 aromatic heterocycles. The van der Waals surface area contributed by atoms with E-state index in [-0.39, 0.29) is 17.1 Å². The largest absolute Gasteiger partial charge is 0.507 e. The van der Waals surface area contributed by atoms with Crippen LogP contribution in [0.15, 0.2) is 42.5 Å². The van der Waals surface area contributed by atoms with Gasteiger partial charge in [0, 0.05) is 12.2 Å². The minimum atomic E-state index is -1.20. The Morgan fingerprint density at radius 3 is 2.57 bits per heavy atom. The van der Waals surface area contributed by atoms with Crippen LogP contribution < -0.4 is 10.1 Å². The number of hydrogen-bond acceptors (Lipinski definition) is 4. The Bertz CT molecular complexity index is 628. The molecule has 0 unspecified atom stereocenters. The molecule has 0 aliphatic heterocycles. The van der Waals surface area contributed by atoms with Gasteiger partial charge in [-0.15, -0.1) is 0 Å². The normalized spacial score (nSPS) is 10.1. The SMILES string of the molecule is O=C(O)c1cc(NCCOc2ccc(F)cc2)ccc1O. The quantitative estimate of drug-likeness (QED) is 0.563. The van der Waals surface area contributed by atoms with Crippen molar-refractivity contribution < 1.29 is 24.1 Å². The lowest BCUT2D eigenvalue weighted by molar-refractivity contribution is 0.0694. The first-order chi connectivity index (χ1) is 10.1. The average molecular weight is 291 g/mol. The summed E-state index contributed by atoms with van der Waals surface area (Å²) in [6.45, 7) is 0.760. The molecule has 0 saturated heterocycles. The summed E-state index contributed by atoms with van der Waals surface area (Å²) in [7, 11) is 0. The minimum Gasteiger partial charge on any atom is -0.507 e. The molecule has 0 fully saturated rings. The summed E-state index contributed by atoms with van der Waals surface area (Å²) in [5, 5.41) is 21.2. The molecule has 3 N–H and O–H groups in total. The van der Waals surface area contributed by atoms with E-state index < -0.39 is 5.97 Å². The van der Waals surface area contributed by atoms with Crippen molar-refractivity contribution in [3.05, 3.63) is 53.8 Å². The van der Waals surface area contributed by atoms with Gasteiger partial charge in [-0.05, 0) is 42.5 Å². The third kappa shape index (κ3) is 4.10. The van der Waals surface area contributed by atoms with Crippen molar-refractivity contribution in [2.75, 3.05) is 18.5 Å². The highest BCUT2D eigenvalue weighted by Gasteiger charge is 2.09. The predicted molar refractivity (Wildman–Crippen MR) is 75.5 cm³/mol. The van der Waals surface area contributed by atoms with E-state index in [0.29, 0.717) is 24.6 Å². The molecule has 0 aliphatic rings. The second-order valence-electron chi connectivity index (χ2n) is 4.27. The molecule has 0 amide bonds. The van der Waals surface area contributed by atoms with Gasteiger partial charge in [0.05, 0.1) is 0 Å². The van der Waals surface area contributed by atoms with Gasteiger partial charge in [0.1, 0.15) is 29.5 Å². The molecule has 2 aromatic carbocycles. The Balaban J connectivity index is 1.85. The Kier molecular flexibility index (Phi) is 4.61. The maximum Gasteiger partial charge on any atom is 0.339 e. The van der Waals surface area contributed by atoms with E-state index in [2.05, 4.69) is 5.32 Å². The van der Waals surface area contributed by atoms with Crippen LogP contribution in [0.5, 0.6) is 11.5 Å². The van der Waals surface area contributed by atoms with Crippen molar-refractivity contribution in [1.29, 1.82) is 0 Å². The number of carbonyl (C=O) groups is 1. The number of nitrogens with one attached hydrogen (secondary N) is 1. The zero-order valence-electron chi connectivity index (χ0n) is 11.0. The number of hydrogen-bond donors (Lipinski definition) is 3. The molecule has 0 heterocycles. The molecule has 110 valence electrons. The molecule has 0 radical (unpaired) electrons. The number of anilines is 1. The lowest BCUT2D eigenvalue weighted by Crippen LogP contribution is -2.12. The molecule has 6 heteroatoms. The molecule has 21 heavy (non-hydrogen) atoms. The van der Waals surface area contributed by atoms with E-state index in [9.17, 15) is 14.3 Å². The van der Waals surface area contributed by atoms with Crippen molar-refractivity contribution in [3.8, 4) is 11.5 Å². The molecular formula is C15H14FNO4. The summed E-state index contributed by atoms with van der Waals surface area (Å²) in [5.74, 6) is -1.25. The standard InChI is InChI=1S/C15H14FNO4/c16-10-1-4-12(5-2-10)21-8-7-17-11-3-6-14(18)13(9-11)15(19)20/h1-6,9,17-18H,7-8H2,(H,19,20). The smallest absolute Gasteiger partial charge is 0.339 e. The van der Waals surface area contributed by atoms with Gasteiger partial charge in [0.25, 0.3) is 0 Å². The molecule has 2 aromatic rings. The van der Waals surface area contributed by atoms with Crippen LogP contribution in [-0.4, -0.2) is 29.3 Å². The van der Waals surface area contributed by atoms with Crippen LogP contribution in [0.25, 0.3) is 0 Å². The minimum absolute atomic E-state index is 0.167. The van der Waals surface area contributed by atoms with Gasteiger partial charge in [-0.2, -0.15) is 0 Å². The van der Waals surface area contributed by atoms with Gasteiger partial charge in [0.15, 0.2) is 0 Å². The number of carboxylic acid groups (broad SMARTS) is 1. The Morgan fingerprint density at radius 2 is 1.90 bits per heavy atom. The van der Waals surface area contributed by atoms with Gasteiger partial charge in [-0.25, -0.2) is 9.18 Å². The van der Waals surface area contributed by atoms with Crippen LogP contribution in [0, 0.1) is 5.82 Å². The van der Waals surface area contributed by atoms with E-state index in [1.54, 1.807) is 6.07 Å². The number of aromatic hydroxyl groups is 1. The van der Waals surface area contributed by atoms with E-state index in [1.165, 1.54) is 36.4 Å². The first-order valence-electron chi connectivity index (χ1n) is 6.25. The van der Waals surface area contributed by atoms with E-state index in [4.69, 9.17) is 9.84 Å². The topological polar surface area (TPSA) is 78.8 Å². The van der Waals surface area contributed by atoms with Crippen LogP contribution in [0.2, 0.25) is 0 Å². The number of aromatic carboxylic acids is 1. The molecule has 0 saturated carbocycles. The van der Waals surface area contributed by atoms with E-state index in [0.717, 1.165) is 0 Å². The molecule has 0 aliphatic carbocycles. The zero-order valence-corrected chi connectivity index (χ0v) is 11.0. The maximum atomic E-state index is 12.7. The van der Waals surface area contributed by atoms with Crippen LogP contribution in [0.4, 0.5) is 10.1 Å². The number of ether oxygens (including phenoxy) is 1. The summed E-state index contributed by atoms with van der Waals surface area (Å²) >= 11 is 0. The fourth-order valence-electron chi connectivity index (χ4n) is 1.71. The van der Waals surface area contributed by atoms with Gasteiger partial charge >= 0.3 is 5.97 Å². The molecule has 5 nitrogen and oxygen atoms in total. The third-order valence-corrected chi connectivity index (χ3v) is 2.74. The van der Waals surface area contributed by atoms with Crippen LogP contribution in [-0.2, 0) is 0 Å². The number of carboxylic acids is 1. The van der Waals surface area contributed by atoms with Crippen molar-refractivity contribution in [3.63, 3.8) is 0 Å². The van der Waals surface area contributed by atoms with Crippen molar-refractivity contribution in [1.82, 2.24) is 0 Å². The summed E-state index contributed by atoms with van der Waals surface area (Å²) in [5.41, 5.74) is 0.396. The molecule has 0 atom stereocenters. The average Bonchev–Trinajstić information content (AvgIpc) is 2.46. The van der Waals surface area contributed by atoms with Gasteiger partial charge < -0.3 is 20.3 Å². The zero-order chi connectivity index (χ0) is 15.2. The van der Waals surface area contributed by atoms with Crippen molar-refractivity contribution in [2.24, 2.45) is 0 Å². The first-order valence-corrected chi connectivity index (χ1v) is 6.25. The van der Waals surface area contributed by atoms with Crippen LogP contribution >= 0.6 is 0 Å². The Morgan fingerprint density at radius 1 is 1.19 bits per heavy atom. The second kappa shape index (κ2) is 6.60. The summed E-state index contributed by atoms with van der Waals surface area (Å²) in [6.07, 6.45) is 0. The Labute approximate surface area is 120 Å². The highest BCUT2D eigenvalue weighted by atomic mass is 19.1. The second-order valence-corrected chi connectivity index (χ2v) is 4.27. The van der Waals surface area contributed by atoms with Gasteiger partial charge in [-0.1, -0.05) is 0 Å². The summed E-state index contributed by atoms with van der Waals surface area (Å²) in [6, 6.07) is 9.89. The number of phenols is 1. The molecule has 0 spiro atoms. The first kappa shape index (κ1) is 14.6. The highest BCUT2D eigenvalue weighted by Crippen LogP contribution is 2.21. The lowest BCUT2D eigenvalue weighted by atomic mass is 10.2. The van der Waals surface area contributed by atoms with Crippen molar-refractivity contribution >= 4 is 11.7 Å². The number of benzene rings is 2. The maximum absolute atomic E-state index is 12.7. The van der Waals surface area contributed by atoms with E-state index >= 15 is 0 Å². The van der Waals surface area contributed by atoms with Gasteiger partial charge in [0.2, 0.25) is 0 Å². The van der Waals surface area contributed by atoms with Gasteiger partial charge in [-0.3, -0.25) is 0 Å². The molecular weight excluding hydrogens is 277 g/mol. The summed E-state index contributed by atoms with van der Waals surface area (Å²) in [4.78, 5) is 10.9. The molecule has 0 bridgehead atoms. The third-order valence-electron chi connectivity index (χ3n) is 2.74. The van der Waals surface area contributed by atoms with Crippen LogP contribution in [0.1, 0.15) is 10.4 Å². The fourth-order valence-corrected chi connectivity index (χ4v) is 1.71. The monoisotopic (exact) mass is 291 g/mol. The predicted octanol–water partition coefficient (Wildman–Crippen LogP) is 2.72. The number of rotatable bonds is 6. The Hall–Kier alpha value is -2.76. The number of halogens is 1. The summed E-state index contributed by atoms with van der Waals surface area (Å²) < 4.78 is 18.1. The fraction of sp³-hybridized carbons (Fsp3) is 0.133.